The summed E-state index contributed by atoms with van der Waals surface area (Å²) in [5.41, 5.74) is 0. The summed E-state index contributed by atoms with van der Waals surface area (Å²) in [4.78, 5) is 14.0. The van der Waals surface area contributed by atoms with E-state index in [2.05, 4.69) is 10.2 Å². The molecule has 1 aliphatic heterocycles. The van der Waals surface area contributed by atoms with Crippen molar-refractivity contribution in [1.29, 1.82) is 0 Å². The molecule has 1 aromatic carbocycles. The summed E-state index contributed by atoms with van der Waals surface area (Å²) in [7, 11) is 1.50. The number of amides is 1. The van der Waals surface area contributed by atoms with Crippen LogP contribution in [0, 0.1) is 0 Å². The summed E-state index contributed by atoms with van der Waals surface area (Å²) in [6.07, 6.45) is -3.50. The maximum Gasteiger partial charge on any atom is 0.470 e. The Hall–Kier alpha value is -2.78. The van der Waals surface area contributed by atoms with Crippen LogP contribution in [0.15, 0.2) is 28.7 Å². The van der Waals surface area contributed by atoms with E-state index in [9.17, 15) is 18.0 Å². The number of halogens is 3. The van der Waals surface area contributed by atoms with Crippen LogP contribution >= 0.6 is 0 Å². The maximum atomic E-state index is 12.6. The number of benzene rings is 1. The molecular weight excluding hydrogens is 367 g/mol. The van der Waals surface area contributed by atoms with E-state index in [1.807, 2.05) is 0 Å². The van der Waals surface area contributed by atoms with Gasteiger partial charge in [0.25, 0.3) is 5.91 Å². The van der Waals surface area contributed by atoms with Crippen LogP contribution in [0.5, 0.6) is 11.5 Å². The highest BCUT2D eigenvalue weighted by atomic mass is 19.4. The zero-order valence-electron chi connectivity index (χ0n) is 14.5. The van der Waals surface area contributed by atoms with Crippen LogP contribution in [-0.4, -0.2) is 47.8 Å². The minimum atomic E-state index is -4.68. The molecule has 10 heteroatoms. The minimum Gasteiger partial charge on any atom is -0.493 e. The lowest BCUT2D eigenvalue weighted by atomic mass is 9.98. The Morgan fingerprint density at radius 2 is 2.04 bits per heavy atom. The number of aromatic nitrogens is 2. The van der Waals surface area contributed by atoms with Gasteiger partial charge in [0.2, 0.25) is 5.89 Å². The molecule has 3 rings (SSSR count). The fraction of sp³-hybridized carbons (Fsp3) is 0.471. The summed E-state index contributed by atoms with van der Waals surface area (Å²) < 4.78 is 53.2. The molecule has 7 nitrogen and oxygen atoms in total. The number of carbonyl (C=O) groups is 1. The first-order chi connectivity index (χ1) is 12.9. The Kier molecular flexibility index (Phi) is 5.52. The Balaban J connectivity index is 1.60. The molecule has 0 saturated carbocycles. The Morgan fingerprint density at radius 1 is 1.30 bits per heavy atom. The predicted molar refractivity (Wildman–Crippen MR) is 86.3 cm³/mol. The molecule has 1 aliphatic rings. The molecule has 1 saturated heterocycles. The van der Waals surface area contributed by atoms with E-state index in [1.54, 1.807) is 24.3 Å². The average molecular weight is 385 g/mol. The molecule has 1 amide bonds. The molecule has 0 aliphatic carbocycles. The standard InChI is InChI=1S/C17H18F3N3O4/c1-25-12-6-2-3-7-13(12)26-10-14(24)23-8-4-5-11(9-23)15-21-22-16(27-15)17(18,19)20/h2-3,6-7,11H,4-5,8-10H2,1H3. The van der Waals surface area contributed by atoms with Crippen molar-refractivity contribution in [2.24, 2.45) is 0 Å². The molecule has 1 atom stereocenters. The van der Waals surface area contributed by atoms with Crippen LogP contribution in [0.4, 0.5) is 13.2 Å². The van der Waals surface area contributed by atoms with E-state index in [0.717, 1.165) is 0 Å². The topological polar surface area (TPSA) is 77.7 Å². The van der Waals surface area contributed by atoms with Gasteiger partial charge in [0, 0.05) is 13.1 Å². The van der Waals surface area contributed by atoms with E-state index in [1.165, 1.54) is 12.0 Å². The second-order valence-corrected chi connectivity index (χ2v) is 6.06. The zero-order valence-corrected chi connectivity index (χ0v) is 14.5. The molecule has 1 fully saturated rings. The number of alkyl halides is 3. The molecule has 1 aromatic heterocycles. The highest BCUT2D eigenvalue weighted by Crippen LogP contribution is 2.32. The van der Waals surface area contributed by atoms with Gasteiger partial charge in [0.05, 0.1) is 13.0 Å². The van der Waals surface area contributed by atoms with Gasteiger partial charge in [-0.15, -0.1) is 10.2 Å². The number of para-hydroxylation sites is 2. The van der Waals surface area contributed by atoms with Crippen molar-refractivity contribution in [3.8, 4) is 11.5 Å². The third kappa shape index (κ3) is 4.50. The molecule has 2 heterocycles. The van der Waals surface area contributed by atoms with Gasteiger partial charge in [0.15, 0.2) is 18.1 Å². The predicted octanol–water partition coefficient (Wildman–Crippen LogP) is 2.88. The van der Waals surface area contributed by atoms with Crippen molar-refractivity contribution in [3.05, 3.63) is 36.0 Å². The average Bonchev–Trinajstić information content (AvgIpc) is 3.17. The quantitative estimate of drug-likeness (QED) is 0.788. The van der Waals surface area contributed by atoms with E-state index in [-0.39, 0.29) is 24.9 Å². The lowest BCUT2D eigenvalue weighted by Gasteiger charge is -2.31. The van der Waals surface area contributed by atoms with E-state index < -0.39 is 18.0 Å². The highest BCUT2D eigenvalue weighted by molar-refractivity contribution is 5.78. The van der Waals surface area contributed by atoms with Crippen LogP contribution in [0.2, 0.25) is 0 Å². The van der Waals surface area contributed by atoms with Crippen LogP contribution in [0.25, 0.3) is 0 Å². The Morgan fingerprint density at radius 3 is 2.70 bits per heavy atom. The number of ether oxygens (including phenoxy) is 2. The lowest BCUT2D eigenvalue weighted by molar-refractivity contribution is -0.157. The molecule has 0 N–H and O–H groups in total. The van der Waals surface area contributed by atoms with Gasteiger partial charge in [0.1, 0.15) is 0 Å². The number of carbonyl (C=O) groups excluding carboxylic acids is 1. The third-order valence-corrected chi connectivity index (χ3v) is 4.23. The SMILES string of the molecule is COc1ccccc1OCC(=O)N1CCCC(c2nnc(C(F)(F)F)o2)C1. The number of nitrogens with zero attached hydrogens (tertiary/aromatic N) is 3. The summed E-state index contributed by atoms with van der Waals surface area (Å²) in [6, 6.07) is 6.93. The van der Waals surface area contributed by atoms with Gasteiger partial charge in [-0.3, -0.25) is 4.79 Å². The summed E-state index contributed by atoms with van der Waals surface area (Å²) in [5.74, 6) is -1.24. The molecule has 146 valence electrons. The van der Waals surface area contributed by atoms with Gasteiger partial charge in [-0.25, -0.2) is 0 Å². The molecule has 0 spiro atoms. The highest BCUT2D eigenvalue weighted by Gasteiger charge is 2.39. The van der Waals surface area contributed by atoms with Crippen LogP contribution in [-0.2, 0) is 11.0 Å². The van der Waals surface area contributed by atoms with Gasteiger partial charge < -0.3 is 18.8 Å². The Labute approximate surface area is 153 Å². The fourth-order valence-corrected chi connectivity index (χ4v) is 2.89. The van der Waals surface area contributed by atoms with Crippen molar-refractivity contribution >= 4 is 5.91 Å². The number of likely N-dealkylation sites (tertiary alicyclic amines) is 1. The fourth-order valence-electron chi connectivity index (χ4n) is 2.89. The largest absolute Gasteiger partial charge is 0.493 e. The summed E-state index contributed by atoms with van der Waals surface area (Å²) in [6.45, 7) is 0.489. The number of piperidine rings is 1. The van der Waals surface area contributed by atoms with Crippen molar-refractivity contribution in [1.82, 2.24) is 15.1 Å². The smallest absolute Gasteiger partial charge is 0.470 e. The van der Waals surface area contributed by atoms with Crippen molar-refractivity contribution in [2.45, 2.75) is 24.9 Å². The summed E-state index contributed by atoms with van der Waals surface area (Å²) >= 11 is 0. The molecule has 27 heavy (non-hydrogen) atoms. The van der Waals surface area contributed by atoms with Crippen molar-refractivity contribution in [3.63, 3.8) is 0 Å². The van der Waals surface area contributed by atoms with Gasteiger partial charge >= 0.3 is 12.1 Å². The zero-order chi connectivity index (χ0) is 19.4. The second kappa shape index (κ2) is 7.85. The first-order valence-electron chi connectivity index (χ1n) is 8.32. The number of hydrogen-bond donors (Lipinski definition) is 0. The van der Waals surface area contributed by atoms with E-state index in [0.29, 0.717) is 30.9 Å². The van der Waals surface area contributed by atoms with Gasteiger partial charge in [-0.05, 0) is 25.0 Å². The number of rotatable bonds is 5. The molecule has 1 unspecified atom stereocenters. The Bertz CT molecular complexity index is 794. The molecule has 0 radical (unpaired) electrons. The third-order valence-electron chi connectivity index (χ3n) is 4.23. The van der Waals surface area contributed by atoms with Crippen molar-refractivity contribution in [2.75, 3.05) is 26.8 Å². The van der Waals surface area contributed by atoms with Crippen LogP contribution < -0.4 is 9.47 Å². The van der Waals surface area contributed by atoms with Crippen molar-refractivity contribution < 1.29 is 31.9 Å². The molecular formula is C17H18F3N3O4. The number of methoxy groups -OCH3 is 1. The summed E-state index contributed by atoms with van der Waals surface area (Å²) in [5, 5.41) is 6.54. The lowest BCUT2D eigenvalue weighted by Crippen LogP contribution is -2.41. The second-order valence-electron chi connectivity index (χ2n) is 6.06. The monoisotopic (exact) mass is 385 g/mol. The molecule has 2 aromatic rings. The van der Waals surface area contributed by atoms with E-state index in [4.69, 9.17) is 13.9 Å². The van der Waals surface area contributed by atoms with Crippen LogP contribution in [0.3, 0.4) is 0 Å². The normalized spacial score (nSPS) is 17.6. The first kappa shape index (κ1) is 19.0. The molecule has 0 bridgehead atoms. The van der Waals surface area contributed by atoms with Gasteiger partial charge in [-0.2, -0.15) is 13.2 Å². The van der Waals surface area contributed by atoms with E-state index >= 15 is 0 Å². The van der Waals surface area contributed by atoms with Crippen LogP contribution in [0.1, 0.15) is 30.5 Å². The maximum absolute atomic E-state index is 12.6. The minimum absolute atomic E-state index is 0.106. The number of hydrogen-bond acceptors (Lipinski definition) is 6. The first-order valence-corrected chi connectivity index (χ1v) is 8.32. The van der Waals surface area contributed by atoms with Gasteiger partial charge in [-0.1, -0.05) is 12.1 Å².